The first-order valence-electron chi connectivity index (χ1n) is 6.29. The highest BCUT2D eigenvalue weighted by atomic mass is 15.2. The van der Waals surface area contributed by atoms with Crippen LogP contribution < -0.4 is 0 Å². The van der Waals surface area contributed by atoms with Crippen molar-refractivity contribution < 1.29 is 0 Å². The van der Waals surface area contributed by atoms with Crippen LogP contribution in [0.4, 0.5) is 0 Å². The van der Waals surface area contributed by atoms with Gasteiger partial charge in [-0.2, -0.15) is 0 Å². The minimum absolute atomic E-state index is 0.935. The molecule has 0 amide bonds. The van der Waals surface area contributed by atoms with Gasteiger partial charge in [-0.05, 0) is 44.2 Å². The molecule has 0 N–H and O–H groups in total. The second-order valence-corrected chi connectivity index (χ2v) is 5.84. The van der Waals surface area contributed by atoms with E-state index in [9.17, 15) is 0 Å². The predicted octanol–water partition coefficient (Wildman–Crippen LogP) is 1.30. The number of nitrogens with zero attached hydrogens (tertiary/aromatic N) is 2. The maximum Gasteiger partial charge on any atom is 0.0109 e. The molecule has 3 aliphatic rings. The average Bonchev–Trinajstić information content (AvgIpc) is 2.86. The summed E-state index contributed by atoms with van der Waals surface area (Å²) in [7, 11) is 4.34. The summed E-state index contributed by atoms with van der Waals surface area (Å²) in [6.45, 7) is 5.20. The van der Waals surface area contributed by atoms with E-state index in [2.05, 4.69) is 36.0 Å². The Morgan fingerprint density at radius 3 is 2.27 bits per heavy atom. The summed E-state index contributed by atoms with van der Waals surface area (Å²) in [4.78, 5) is 4.97. The maximum absolute atomic E-state index is 2.68. The van der Waals surface area contributed by atoms with E-state index in [-0.39, 0.29) is 0 Å². The largest absolute Gasteiger partial charge is 0.308 e. The number of likely N-dealkylation sites (tertiary alicyclic amines) is 1. The quantitative estimate of drug-likeness (QED) is 0.642. The lowest BCUT2D eigenvalue weighted by Crippen LogP contribution is -2.31. The molecule has 3 rings (SSSR count). The Hall–Kier alpha value is -0.340. The molecule has 0 aromatic rings. The van der Waals surface area contributed by atoms with Crippen molar-refractivity contribution in [2.24, 2.45) is 23.7 Å². The molecule has 2 bridgehead atoms. The molecule has 15 heavy (non-hydrogen) atoms. The highest BCUT2D eigenvalue weighted by molar-refractivity contribution is 5.16. The Morgan fingerprint density at radius 2 is 1.73 bits per heavy atom. The maximum atomic E-state index is 2.68. The third-order valence-electron chi connectivity index (χ3n) is 4.60. The molecule has 0 spiro atoms. The molecule has 1 aliphatic heterocycles. The van der Waals surface area contributed by atoms with Crippen molar-refractivity contribution in [3.8, 4) is 0 Å². The molecular weight excluding hydrogens is 184 g/mol. The van der Waals surface area contributed by atoms with Crippen LogP contribution in [-0.4, -0.2) is 50.1 Å². The highest BCUT2D eigenvalue weighted by Crippen LogP contribution is 2.51. The summed E-state index contributed by atoms with van der Waals surface area (Å²) in [6, 6.07) is 0. The molecule has 1 saturated carbocycles. The summed E-state index contributed by atoms with van der Waals surface area (Å²) in [5, 5.41) is 0. The van der Waals surface area contributed by atoms with Gasteiger partial charge in [0, 0.05) is 26.2 Å². The molecule has 1 heterocycles. The summed E-state index contributed by atoms with van der Waals surface area (Å²) >= 11 is 0. The predicted molar refractivity (Wildman–Crippen MR) is 62.7 cm³/mol. The van der Waals surface area contributed by atoms with E-state index in [0.717, 1.165) is 23.7 Å². The zero-order valence-corrected chi connectivity index (χ0v) is 9.89. The van der Waals surface area contributed by atoms with Crippen LogP contribution in [0.2, 0.25) is 0 Å². The molecule has 1 saturated heterocycles. The molecule has 0 aromatic carbocycles. The molecular formula is C13H22N2. The fourth-order valence-corrected chi connectivity index (χ4v) is 3.76. The van der Waals surface area contributed by atoms with Gasteiger partial charge in [-0.1, -0.05) is 12.2 Å². The average molecular weight is 206 g/mol. The minimum Gasteiger partial charge on any atom is -0.308 e. The molecule has 2 aliphatic carbocycles. The van der Waals surface area contributed by atoms with E-state index in [4.69, 9.17) is 0 Å². The van der Waals surface area contributed by atoms with Crippen LogP contribution in [0.5, 0.6) is 0 Å². The van der Waals surface area contributed by atoms with E-state index >= 15 is 0 Å². The van der Waals surface area contributed by atoms with Crippen LogP contribution in [0.3, 0.4) is 0 Å². The van der Waals surface area contributed by atoms with E-state index in [0.29, 0.717) is 0 Å². The van der Waals surface area contributed by atoms with Crippen molar-refractivity contribution in [1.82, 2.24) is 9.80 Å². The van der Waals surface area contributed by atoms with Gasteiger partial charge in [-0.15, -0.1) is 0 Å². The van der Waals surface area contributed by atoms with Crippen LogP contribution in [-0.2, 0) is 0 Å². The van der Waals surface area contributed by atoms with E-state index < -0.39 is 0 Å². The first-order chi connectivity index (χ1) is 7.24. The Labute approximate surface area is 92.9 Å². The first-order valence-corrected chi connectivity index (χ1v) is 6.29. The van der Waals surface area contributed by atoms with Crippen LogP contribution in [0.15, 0.2) is 12.2 Å². The molecule has 2 unspecified atom stereocenters. The molecule has 4 atom stereocenters. The number of likely N-dealkylation sites (N-methyl/N-ethyl adjacent to an activating group) is 1. The SMILES string of the molecule is CN(C)CCN1CC2C(C1)[C@H]1C=C[C@@H]2C1. The molecule has 2 nitrogen and oxygen atoms in total. The molecule has 0 aromatic heterocycles. The van der Waals surface area contributed by atoms with Gasteiger partial charge in [0.05, 0.1) is 0 Å². The third-order valence-corrected chi connectivity index (χ3v) is 4.60. The molecule has 0 radical (unpaired) electrons. The fourth-order valence-electron chi connectivity index (χ4n) is 3.76. The van der Waals surface area contributed by atoms with Gasteiger partial charge in [-0.25, -0.2) is 0 Å². The van der Waals surface area contributed by atoms with Crippen molar-refractivity contribution in [2.45, 2.75) is 6.42 Å². The van der Waals surface area contributed by atoms with E-state index in [1.165, 1.54) is 32.6 Å². The number of hydrogen-bond donors (Lipinski definition) is 0. The molecule has 2 fully saturated rings. The normalized spacial score (nSPS) is 43.1. The first kappa shape index (κ1) is 9.86. The van der Waals surface area contributed by atoms with Crippen molar-refractivity contribution in [1.29, 1.82) is 0 Å². The standard InChI is InChI=1S/C13H22N2/c1-14(2)5-6-15-8-12-10-3-4-11(7-10)13(12)9-15/h3-4,10-13H,5-9H2,1-2H3/t10-,11+,12?,13?. The van der Waals surface area contributed by atoms with Crippen LogP contribution in [0.1, 0.15) is 6.42 Å². The summed E-state index contributed by atoms with van der Waals surface area (Å²) in [5.41, 5.74) is 0. The van der Waals surface area contributed by atoms with Gasteiger partial charge >= 0.3 is 0 Å². The Morgan fingerprint density at radius 1 is 1.13 bits per heavy atom. The number of hydrogen-bond acceptors (Lipinski definition) is 2. The Bertz CT molecular complexity index is 252. The third kappa shape index (κ3) is 1.64. The van der Waals surface area contributed by atoms with Crippen molar-refractivity contribution >= 4 is 0 Å². The van der Waals surface area contributed by atoms with Gasteiger partial charge in [0.1, 0.15) is 0 Å². The van der Waals surface area contributed by atoms with Crippen LogP contribution >= 0.6 is 0 Å². The van der Waals surface area contributed by atoms with E-state index in [1.54, 1.807) is 0 Å². The Balaban J connectivity index is 1.57. The van der Waals surface area contributed by atoms with Crippen LogP contribution in [0.25, 0.3) is 0 Å². The number of allylic oxidation sites excluding steroid dienone is 2. The zero-order valence-electron chi connectivity index (χ0n) is 9.89. The number of rotatable bonds is 3. The molecule has 2 heteroatoms. The van der Waals surface area contributed by atoms with Crippen LogP contribution in [0, 0.1) is 23.7 Å². The monoisotopic (exact) mass is 206 g/mol. The van der Waals surface area contributed by atoms with Gasteiger partial charge < -0.3 is 9.80 Å². The van der Waals surface area contributed by atoms with E-state index in [1.807, 2.05) is 0 Å². The summed E-state index contributed by atoms with van der Waals surface area (Å²) < 4.78 is 0. The molecule has 84 valence electrons. The zero-order chi connectivity index (χ0) is 10.4. The lowest BCUT2D eigenvalue weighted by atomic mass is 9.86. The van der Waals surface area contributed by atoms with Gasteiger partial charge in [-0.3, -0.25) is 0 Å². The second kappa shape index (κ2) is 3.60. The van der Waals surface area contributed by atoms with Crippen molar-refractivity contribution in [3.63, 3.8) is 0 Å². The highest BCUT2D eigenvalue weighted by Gasteiger charge is 2.48. The topological polar surface area (TPSA) is 6.48 Å². The fraction of sp³-hybridized carbons (Fsp3) is 0.846. The van der Waals surface area contributed by atoms with Crippen molar-refractivity contribution in [2.75, 3.05) is 40.3 Å². The summed E-state index contributed by atoms with van der Waals surface area (Å²) in [6.07, 6.45) is 6.44. The van der Waals surface area contributed by atoms with Crippen molar-refractivity contribution in [3.05, 3.63) is 12.2 Å². The number of fused-ring (bicyclic) bond motifs is 5. The minimum atomic E-state index is 0.935. The van der Waals surface area contributed by atoms with Gasteiger partial charge in [0.15, 0.2) is 0 Å². The lowest BCUT2D eigenvalue weighted by molar-refractivity contribution is 0.260. The lowest BCUT2D eigenvalue weighted by Gasteiger charge is -2.20. The Kier molecular flexibility index (Phi) is 2.37. The summed E-state index contributed by atoms with van der Waals surface area (Å²) in [5.74, 6) is 3.87. The van der Waals surface area contributed by atoms with Gasteiger partial charge in [0.25, 0.3) is 0 Å². The smallest absolute Gasteiger partial charge is 0.0109 e. The second-order valence-electron chi connectivity index (χ2n) is 5.84. The van der Waals surface area contributed by atoms with Gasteiger partial charge in [0.2, 0.25) is 0 Å².